The highest BCUT2D eigenvalue weighted by molar-refractivity contribution is 5.95. The number of anilines is 1. The molecule has 158 valence electrons. The Morgan fingerprint density at radius 3 is 2.17 bits per heavy atom. The van der Waals surface area contributed by atoms with Crippen LogP contribution in [-0.4, -0.2) is 31.2 Å². The number of carbonyl (C=O) groups excluding carboxylic acids is 2. The van der Waals surface area contributed by atoms with Gasteiger partial charge in [-0.05, 0) is 28.5 Å². The molecule has 0 aromatic heterocycles. The van der Waals surface area contributed by atoms with E-state index in [1.54, 1.807) is 30.3 Å². The zero-order valence-electron chi connectivity index (χ0n) is 16.0. The van der Waals surface area contributed by atoms with E-state index >= 15 is 0 Å². The summed E-state index contributed by atoms with van der Waals surface area (Å²) in [4.78, 5) is 21.4. The number of hydrogen-bond acceptors (Lipinski definition) is 4. The van der Waals surface area contributed by atoms with E-state index in [2.05, 4.69) is 10.1 Å². The van der Waals surface area contributed by atoms with Gasteiger partial charge < -0.3 is 15.8 Å². The van der Waals surface area contributed by atoms with Crippen molar-refractivity contribution in [3.8, 4) is 0 Å². The number of fused-ring (bicyclic) bond motifs is 1. The molecule has 0 heterocycles. The molecule has 3 N–H and O–H groups in total. The number of amides is 1. The molecule has 0 fully saturated rings. The molecule has 30 heavy (non-hydrogen) atoms. The van der Waals surface area contributed by atoms with Gasteiger partial charge in [0.2, 0.25) is 5.91 Å². The van der Waals surface area contributed by atoms with Crippen molar-refractivity contribution < 1.29 is 27.5 Å². The molecular weight excluding hydrogens is 397 g/mol. The summed E-state index contributed by atoms with van der Waals surface area (Å²) in [5, 5.41) is 4.98. The van der Waals surface area contributed by atoms with Crippen molar-refractivity contribution in [2.45, 2.75) is 12.6 Å². The Kier molecular flexibility index (Phi) is 8.37. The normalized spacial score (nSPS) is 10.7. The average molecular weight is 418 g/mol. The van der Waals surface area contributed by atoms with Gasteiger partial charge in [0.1, 0.15) is 0 Å². The van der Waals surface area contributed by atoms with Crippen LogP contribution in [0.2, 0.25) is 0 Å². The molecule has 1 amide bonds. The molecule has 0 unspecified atom stereocenters. The van der Waals surface area contributed by atoms with Crippen LogP contribution in [0.15, 0.2) is 72.8 Å². The Labute approximate surface area is 171 Å². The maximum Gasteiger partial charge on any atom is 0.490 e. The van der Waals surface area contributed by atoms with Crippen LogP contribution in [0.4, 0.5) is 18.9 Å². The fraction of sp³-hybridized carbons (Fsp3) is 0.182. The van der Waals surface area contributed by atoms with Crippen molar-refractivity contribution in [3.05, 3.63) is 78.4 Å². The van der Waals surface area contributed by atoms with Gasteiger partial charge in [0.05, 0.1) is 13.2 Å². The minimum absolute atomic E-state index is 0.00677. The van der Waals surface area contributed by atoms with Crippen LogP contribution in [0, 0.1) is 0 Å². The number of ether oxygens (including phenoxy) is 1. The van der Waals surface area contributed by atoms with Crippen LogP contribution in [0.3, 0.4) is 0 Å². The largest absolute Gasteiger partial charge is 0.490 e. The van der Waals surface area contributed by atoms with Gasteiger partial charge in [-0.3, -0.25) is 4.79 Å². The fourth-order valence-electron chi connectivity index (χ4n) is 2.47. The Hall–Kier alpha value is -3.39. The number of halogens is 3. The smallest absolute Gasteiger partial charge is 0.459 e. The summed E-state index contributed by atoms with van der Waals surface area (Å²) in [7, 11) is 0. The van der Waals surface area contributed by atoms with E-state index in [9.17, 15) is 22.8 Å². The van der Waals surface area contributed by atoms with Crippen LogP contribution < -0.4 is 11.1 Å². The number of benzene rings is 3. The molecule has 0 aliphatic carbocycles. The van der Waals surface area contributed by atoms with E-state index in [-0.39, 0.29) is 25.5 Å². The number of nitrogens with one attached hydrogen (secondary N) is 1. The minimum Gasteiger partial charge on any atom is -0.459 e. The van der Waals surface area contributed by atoms with Gasteiger partial charge in [0, 0.05) is 12.1 Å². The lowest BCUT2D eigenvalue weighted by Gasteiger charge is -2.06. The molecule has 0 aliphatic heterocycles. The number of esters is 1. The number of alkyl halides is 3. The van der Waals surface area contributed by atoms with Crippen molar-refractivity contribution in [1.82, 2.24) is 0 Å². The topological polar surface area (TPSA) is 81.4 Å². The van der Waals surface area contributed by atoms with Crippen molar-refractivity contribution in [1.29, 1.82) is 0 Å². The van der Waals surface area contributed by atoms with E-state index in [0.717, 1.165) is 22.0 Å². The monoisotopic (exact) mass is 418 g/mol. The van der Waals surface area contributed by atoms with E-state index in [0.29, 0.717) is 0 Å². The lowest BCUT2D eigenvalue weighted by atomic mass is 10.1. The molecule has 0 saturated carbocycles. The third-order valence-electron chi connectivity index (χ3n) is 3.92. The van der Waals surface area contributed by atoms with Gasteiger partial charge in [0.25, 0.3) is 0 Å². The quantitative estimate of drug-likeness (QED) is 0.612. The number of carbonyl (C=O) groups is 2. The second kappa shape index (κ2) is 11.0. The SMILES string of the molecule is NCC(=O)Nc1ccc2ccccc2c1.O=C(OCCc1ccccc1)C(F)(F)F. The molecule has 0 atom stereocenters. The lowest BCUT2D eigenvalue weighted by Crippen LogP contribution is -2.26. The van der Waals surface area contributed by atoms with Crippen molar-refractivity contribution in [3.63, 3.8) is 0 Å². The van der Waals surface area contributed by atoms with Gasteiger partial charge in [-0.1, -0.05) is 60.7 Å². The summed E-state index contributed by atoms with van der Waals surface area (Å²) >= 11 is 0. The second-order valence-corrected chi connectivity index (χ2v) is 6.18. The Morgan fingerprint density at radius 1 is 0.900 bits per heavy atom. The number of nitrogens with two attached hydrogens (primary N) is 1. The molecule has 0 bridgehead atoms. The van der Waals surface area contributed by atoms with Crippen molar-refractivity contribution in [2.24, 2.45) is 5.73 Å². The zero-order chi connectivity index (χ0) is 22.0. The molecule has 8 heteroatoms. The summed E-state index contributed by atoms with van der Waals surface area (Å²) in [6, 6.07) is 22.6. The first-order chi connectivity index (χ1) is 14.3. The number of rotatable bonds is 5. The molecule has 0 radical (unpaired) electrons. The van der Waals surface area contributed by atoms with E-state index in [4.69, 9.17) is 5.73 Å². The van der Waals surface area contributed by atoms with Gasteiger partial charge in [-0.25, -0.2) is 4.79 Å². The summed E-state index contributed by atoms with van der Waals surface area (Å²) in [5.74, 6) is -2.32. The predicted octanol–water partition coefficient (Wildman–Crippen LogP) is 4.07. The lowest BCUT2D eigenvalue weighted by molar-refractivity contribution is -0.199. The van der Waals surface area contributed by atoms with E-state index in [1.165, 1.54) is 0 Å². The molecule has 0 saturated heterocycles. The third kappa shape index (κ3) is 7.56. The standard InChI is InChI=1S/C12H12N2O.C10H9F3O2/c13-8-12(15)14-11-6-5-9-3-1-2-4-10(9)7-11;11-10(12,13)9(14)15-7-6-8-4-2-1-3-5-8/h1-7H,8,13H2,(H,14,15);1-5H,6-7H2. The second-order valence-electron chi connectivity index (χ2n) is 6.18. The predicted molar refractivity (Wildman–Crippen MR) is 109 cm³/mol. The van der Waals surface area contributed by atoms with Gasteiger partial charge in [0.15, 0.2) is 0 Å². The maximum atomic E-state index is 11.7. The fourth-order valence-corrected chi connectivity index (χ4v) is 2.47. The first-order valence-corrected chi connectivity index (χ1v) is 9.06. The zero-order valence-corrected chi connectivity index (χ0v) is 16.0. The summed E-state index contributed by atoms with van der Waals surface area (Å²) in [6.07, 6.45) is -4.63. The Morgan fingerprint density at radius 2 is 1.53 bits per heavy atom. The first-order valence-electron chi connectivity index (χ1n) is 9.06. The summed E-state index contributed by atoms with van der Waals surface area (Å²) in [5.41, 5.74) is 6.83. The van der Waals surface area contributed by atoms with Gasteiger partial charge >= 0.3 is 12.1 Å². The van der Waals surface area contributed by atoms with Crippen LogP contribution in [0.5, 0.6) is 0 Å². The highest BCUT2D eigenvalue weighted by atomic mass is 19.4. The van der Waals surface area contributed by atoms with Crippen LogP contribution in [-0.2, 0) is 20.7 Å². The molecule has 3 rings (SSSR count). The van der Waals surface area contributed by atoms with E-state index in [1.807, 2.05) is 42.5 Å². The molecule has 5 nitrogen and oxygen atoms in total. The Bertz CT molecular complexity index is 976. The van der Waals surface area contributed by atoms with Gasteiger partial charge in [-0.2, -0.15) is 13.2 Å². The van der Waals surface area contributed by atoms with Gasteiger partial charge in [-0.15, -0.1) is 0 Å². The van der Waals surface area contributed by atoms with Crippen LogP contribution in [0.25, 0.3) is 10.8 Å². The van der Waals surface area contributed by atoms with Crippen LogP contribution in [0.1, 0.15) is 5.56 Å². The highest BCUT2D eigenvalue weighted by Crippen LogP contribution is 2.18. The van der Waals surface area contributed by atoms with E-state index < -0.39 is 12.1 Å². The molecule has 3 aromatic rings. The highest BCUT2D eigenvalue weighted by Gasteiger charge is 2.40. The molecule has 0 aliphatic rings. The maximum absolute atomic E-state index is 11.7. The summed E-state index contributed by atoms with van der Waals surface area (Å²) < 4.78 is 39.1. The minimum atomic E-state index is -4.91. The Balaban J connectivity index is 0.000000214. The molecule has 3 aromatic carbocycles. The van der Waals surface area contributed by atoms with Crippen LogP contribution >= 0.6 is 0 Å². The molecule has 0 spiro atoms. The van der Waals surface area contributed by atoms with Crippen molar-refractivity contribution >= 4 is 28.3 Å². The summed E-state index contributed by atoms with van der Waals surface area (Å²) in [6.45, 7) is -0.255. The average Bonchev–Trinajstić information content (AvgIpc) is 2.74. The number of hydrogen-bond donors (Lipinski definition) is 2. The van der Waals surface area contributed by atoms with Crippen molar-refractivity contribution in [2.75, 3.05) is 18.5 Å². The third-order valence-corrected chi connectivity index (χ3v) is 3.92. The first kappa shape index (κ1) is 22.9. The molecular formula is C22H21F3N2O3.